The van der Waals surface area contributed by atoms with Crippen LogP contribution in [0.2, 0.25) is 5.15 Å². The van der Waals surface area contributed by atoms with Gasteiger partial charge < -0.3 is 10.1 Å². The fraction of sp³-hybridized carbons (Fsp3) is 0.455. The zero-order valence-electron chi connectivity index (χ0n) is 9.00. The fourth-order valence-corrected chi connectivity index (χ4v) is 1.72. The number of carbonyl (C=O) groups is 1. The van der Waals surface area contributed by atoms with E-state index < -0.39 is 0 Å². The lowest BCUT2D eigenvalue weighted by molar-refractivity contribution is 0.0913. The number of hydrogen-bond acceptors (Lipinski definition) is 3. The van der Waals surface area contributed by atoms with Crippen molar-refractivity contribution < 1.29 is 9.53 Å². The van der Waals surface area contributed by atoms with Crippen LogP contribution in [-0.4, -0.2) is 24.0 Å². The van der Waals surface area contributed by atoms with E-state index in [1.165, 1.54) is 25.8 Å². The average Bonchev–Trinajstić information content (AvgIpc) is 2.23. The third-order valence-corrected chi connectivity index (χ3v) is 2.94. The Morgan fingerprint density at radius 3 is 2.94 bits per heavy atom. The first-order chi connectivity index (χ1) is 7.70. The summed E-state index contributed by atoms with van der Waals surface area (Å²) in [7, 11) is 1.51. The summed E-state index contributed by atoms with van der Waals surface area (Å²) < 4.78 is 5.10. The summed E-state index contributed by atoms with van der Waals surface area (Å²) in [6, 6.07) is 1.84. The monoisotopic (exact) mass is 240 g/mol. The number of methoxy groups -OCH3 is 1. The van der Waals surface area contributed by atoms with Gasteiger partial charge in [-0.1, -0.05) is 11.6 Å². The van der Waals surface area contributed by atoms with E-state index in [9.17, 15) is 4.79 Å². The SMILES string of the molecule is COc1cc(Cl)ncc1C(=O)NC1CCC1. The number of ether oxygens (including phenoxy) is 1. The van der Waals surface area contributed by atoms with Gasteiger partial charge in [0.05, 0.1) is 12.7 Å². The van der Waals surface area contributed by atoms with Gasteiger partial charge in [-0.15, -0.1) is 0 Å². The van der Waals surface area contributed by atoms with Crippen molar-refractivity contribution >= 4 is 17.5 Å². The van der Waals surface area contributed by atoms with Crippen molar-refractivity contribution in [2.75, 3.05) is 7.11 Å². The molecule has 16 heavy (non-hydrogen) atoms. The van der Waals surface area contributed by atoms with Gasteiger partial charge in [0.1, 0.15) is 10.9 Å². The molecule has 0 aromatic carbocycles. The van der Waals surface area contributed by atoms with Crippen LogP contribution < -0.4 is 10.1 Å². The van der Waals surface area contributed by atoms with Crippen LogP contribution in [-0.2, 0) is 0 Å². The maximum atomic E-state index is 11.9. The number of aromatic nitrogens is 1. The van der Waals surface area contributed by atoms with Crippen molar-refractivity contribution in [1.29, 1.82) is 0 Å². The summed E-state index contributed by atoms with van der Waals surface area (Å²) in [4.78, 5) is 15.7. The molecule has 86 valence electrons. The molecule has 1 heterocycles. The molecular formula is C11H13ClN2O2. The minimum Gasteiger partial charge on any atom is -0.496 e. The molecule has 1 fully saturated rings. The van der Waals surface area contributed by atoms with Gasteiger partial charge in [-0.2, -0.15) is 0 Å². The molecule has 1 saturated carbocycles. The third-order valence-electron chi connectivity index (χ3n) is 2.74. The van der Waals surface area contributed by atoms with Crippen molar-refractivity contribution in [3.05, 3.63) is 23.0 Å². The van der Waals surface area contributed by atoms with Crippen molar-refractivity contribution in [3.8, 4) is 5.75 Å². The topological polar surface area (TPSA) is 51.2 Å². The van der Waals surface area contributed by atoms with E-state index in [0.29, 0.717) is 22.5 Å². The van der Waals surface area contributed by atoms with Crippen LogP contribution in [0.25, 0.3) is 0 Å². The lowest BCUT2D eigenvalue weighted by Crippen LogP contribution is -2.39. The number of nitrogens with zero attached hydrogens (tertiary/aromatic N) is 1. The van der Waals surface area contributed by atoms with Crippen LogP contribution in [0.1, 0.15) is 29.6 Å². The highest BCUT2D eigenvalue weighted by Gasteiger charge is 2.22. The summed E-state index contributed by atoms with van der Waals surface area (Å²) in [6.45, 7) is 0. The van der Waals surface area contributed by atoms with E-state index in [1.54, 1.807) is 0 Å². The Kier molecular flexibility index (Phi) is 3.29. The number of nitrogens with one attached hydrogen (secondary N) is 1. The van der Waals surface area contributed by atoms with Gasteiger partial charge in [0.25, 0.3) is 5.91 Å². The molecule has 1 amide bonds. The van der Waals surface area contributed by atoms with Gasteiger partial charge in [0, 0.05) is 18.3 Å². The Morgan fingerprint density at radius 1 is 1.62 bits per heavy atom. The number of hydrogen-bond donors (Lipinski definition) is 1. The first-order valence-electron chi connectivity index (χ1n) is 5.21. The van der Waals surface area contributed by atoms with Crippen LogP contribution in [0.3, 0.4) is 0 Å². The van der Waals surface area contributed by atoms with Crippen LogP contribution in [0.5, 0.6) is 5.75 Å². The van der Waals surface area contributed by atoms with E-state index in [0.717, 1.165) is 12.8 Å². The predicted molar refractivity (Wildman–Crippen MR) is 60.9 cm³/mol. The smallest absolute Gasteiger partial charge is 0.256 e. The minimum atomic E-state index is -0.147. The number of carbonyl (C=O) groups excluding carboxylic acids is 1. The highest BCUT2D eigenvalue weighted by molar-refractivity contribution is 6.29. The van der Waals surface area contributed by atoms with Gasteiger partial charge in [0.15, 0.2) is 0 Å². The second-order valence-electron chi connectivity index (χ2n) is 3.81. The first-order valence-corrected chi connectivity index (χ1v) is 5.59. The summed E-state index contributed by atoms with van der Waals surface area (Å²) in [5.41, 5.74) is 0.429. The summed E-state index contributed by atoms with van der Waals surface area (Å²) in [5.74, 6) is 0.308. The highest BCUT2D eigenvalue weighted by Crippen LogP contribution is 2.23. The molecule has 0 unspecified atom stereocenters. The number of halogens is 1. The molecule has 0 spiro atoms. The van der Waals surface area contributed by atoms with Crippen LogP contribution in [0.15, 0.2) is 12.3 Å². The Morgan fingerprint density at radius 2 is 2.38 bits per heavy atom. The second kappa shape index (κ2) is 4.70. The normalized spacial score (nSPS) is 15.4. The molecule has 0 radical (unpaired) electrons. The summed E-state index contributed by atoms with van der Waals surface area (Å²) >= 11 is 5.72. The maximum Gasteiger partial charge on any atom is 0.256 e. The zero-order chi connectivity index (χ0) is 11.5. The summed E-state index contributed by atoms with van der Waals surface area (Å²) in [5, 5.41) is 3.24. The second-order valence-corrected chi connectivity index (χ2v) is 4.20. The molecule has 1 aromatic heterocycles. The Balaban J connectivity index is 2.14. The molecule has 2 rings (SSSR count). The number of rotatable bonds is 3. The number of pyridine rings is 1. The van der Waals surface area contributed by atoms with Crippen molar-refractivity contribution in [2.24, 2.45) is 0 Å². The van der Waals surface area contributed by atoms with Crippen molar-refractivity contribution in [1.82, 2.24) is 10.3 Å². The molecule has 4 nitrogen and oxygen atoms in total. The lowest BCUT2D eigenvalue weighted by atomic mass is 9.93. The molecule has 5 heteroatoms. The third kappa shape index (κ3) is 2.27. The fourth-order valence-electron chi connectivity index (χ4n) is 1.57. The van der Waals surface area contributed by atoms with Gasteiger partial charge in [-0.25, -0.2) is 4.98 Å². The Bertz CT molecular complexity index is 405. The standard InChI is InChI=1S/C11H13ClN2O2/c1-16-9-5-10(12)13-6-8(9)11(15)14-7-3-2-4-7/h5-7H,2-4H2,1H3,(H,14,15). The van der Waals surface area contributed by atoms with E-state index in [-0.39, 0.29) is 5.91 Å². The van der Waals surface area contributed by atoms with E-state index in [1.807, 2.05) is 0 Å². The first kappa shape index (κ1) is 11.2. The van der Waals surface area contributed by atoms with Gasteiger partial charge >= 0.3 is 0 Å². The predicted octanol–water partition coefficient (Wildman–Crippen LogP) is 2.03. The van der Waals surface area contributed by atoms with Crippen molar-refractivity contribution in [3.63, 3.8) is 0 Å². The zero-order valence-corrected chi connectivity index (χ0v) is 9.75. The Hall–Kier alpha value is -1.29. The Labute approximate surface area is 99.0 Å². The van der Waals surface area contributed by atoms with Crippen molar-refractivity contribution in [2.45, 2.75) is 25.3 Å². The molecule has 1 aliphatic carbocycles. The van der Waals surface area contributed by atoms with Crippen LogP contribution >= 0.6 is 11.6 Å². The van der Waals surface area contributed by atoms with Gasteiger partial charge in [-0.3, -0.25) is 4.79 Å². The molecule has 0 aliphatic heterocycles. The maximum absolute atomic E-state index is 11.9. The molecular weight excluding hydrogens is 228 g/mol. The lowest BCUT2D eigenvalue weighted by Gasteiger charge is -2.26. The van der Waals surface area contributed by atoms with Gasteiger partial charge in [-0.05, 0) is 19.3 Å². The molecule has 1 aromatic rings. The molecule has 0 bridgehead atoms. The quantitative estimate of drug-likeness (QED) is 0.823. The average molecular weight is 241 g/mol. The van der Waals surface area contributed by atoms with Crippen LogP contribution in [0.4, 0.5) is 0 Å². The van der Waals surface area contributed by atoms with Gasteiger partial charge in [0.2, 0.25) is 0 Å². The van der Waals surface area contributed by atoms with E-state index in [4.69, 9.17) is 16.3 Å². The summed E-state index contributed by atoms with van der Waals surface area (Å²) in [6.07, 6.45) is 4.72. The highest BCUT2D eigenvalue weighted by atomic mass is 35.5. The largest absolute Gasteiger partial charge is 0.496 e. The number of amides is 1. The molecule has 0 saturated heterocycles. The molecule has 0 atom stereocenters. The van der Waals surface area contributed by atoms with E-state index in [2.05, 4.69) is 10.3 Å². The molecule has 1 N–H and O–H groups in total. The van der Waals surface area contributed by atoms with Crippen LogP contribution in [0, 0.1) is 0 Å². The van der Waals surface area contributed by atoms with E-state index >= 15 is 0 Å². The molecule has 1 aliphatic rings. The minimum absolute atomic E-state index is 0.147.